The lowest BCUT2D eigenvalue weighted by atomic mass is 9.58. The van der Waals surface area contributed by atoms with Crippen molar-refractivity contribution < 1.29 is 4.79 Å². The molecule has 2 nitrogen and oxygen atoms in total. The summed E-state index contributed by atoms with van der Waals surface area (Å²) >= 11 is 0. The van der Waals surface area contributed by atoms with E-state index in [4.69, 9.17) is 0 Å². The number of hydrogen-bond donors (Lipinski definition) is 1. The number of rotatable bonds is 3. The largest absolute Gasteiger partial charge is 0.353 e. The van der Waals surface area contributed by atoms with E-state index in [-0.39, 0.29) is 5.54 Å². The van der Waals surface area contributed by atoms with E-state index in [1.807, 2.05) is 0 Å². The topological polar surface area (TPSA) is 29.1 Å². The summed E-state index contributed by atoms with van der Waals surface area (Å²) in [7, 11) is 0. The van der Waals surface area contributed by atoms with Crippen LogP contribution >= 0.6 is 0 Å². The maximum atomic E-state index is 10.9. The minimum Gasteiger partial charge on any atom is -0.353 e. The molecule has 4 bridgehead atoms. The maximum absolute atomic E-state index is 10.9. The van der Waals surface area contributed by atoms with Crippen molar-refractivity contribution in [2.24, 2.45) is 35.0 Å². The van der Waals surface area contributed by atoms with E-state index in [0.717, 1.165) is 30.1 Å². The summed E-state index contributed by atoms with van der Waals surface area (Å²) in [5.74, 6) is 4.30. The SMILES string of the molecule is CC(C)C1CC2(C)C3CCC(C)(NC=O)C2CC13. The first kappa shape index (κ1) is 12.5. The van der Waals surface area contributed by atoms with Gasteiger partial charge in [0.15, 0.2) is 0 Å². The molecule has 3 aliphatic rings. The Balaban J connectivity index is 1.91. The Morgan fingerprint density at radius 3 is 2.67 bits per heavy atom. The quantitative estimate of drug-likeness (QED) is 0.765. The first-order chi connectivity index (χ1) is 8.42. The number of hydrogen-bond acceptors (Lipinski definition) is 1. The fourth-order valence-corrected chi connectivity index (χ4v) is 6.08. The highest BCUT2D eigenvalue weighted by atomic mass is 16.1. The fourth-order valence-electron chi connectivity index (χ4n) is 6.08. The maximum Gasteiger partial charge on any atom is 0.207 e. The van der Waals surface area contributed by atoms with Crippen LogP contribution in [0, 0.1) is 35.0 Å². The lowest BCUT2D eigenvalue weighted by Gasteiger charge is -2.50. The number of amides is 1. The molecule has 6 atom stereocenters. The first-order valence-electron chi connectivity index (χ1n) is 7.64. The average Bonchev–Trinajstić information content (AvgIpc) is 2.67. The van der Waals surface area contributed by atoms with Gasteiger partial charge in [0.25, 0.3) is 0 Å². The van der Waals surface area contributed by atoms with Crippen molar-refractivity contribution in [1.82, 2.24) is 5.32 Å². The Labute approximate surface area is 111 Å². The van der Waals surface area contributed by atoms with Gasteiger partial charge >= 0.3 is 0 Å². The number of carbonyl (C=O) groups is 1. The summed E-state index contributed by atoms with van der Waals surface area (Å²) in [6, 6.07) is 0. The van der Waals surface area contributed by atoms with Gasteiger partial charge in [-0.15, -0.1) is 0 Å². The third-order valence-electron chi connectivity index (χ3n) is 6.88. The van der Waals surface area contributed by atoms with Crippen LogP contribution in [0.15, 0.2) is 0 Å². The molecule has 1 N–H and O–H groups in total. The van der Waals surface area contributed by atoms with Crippen LogP contribution in [0.4, 0.5) is 0 Å². The van der Waals surface area contributed by atoms with Crippen LogP contribution < -0.4 is 5.32 Å². The van der Waals surface area contributed by atoms with Gasteiger partial charge in [0, 0.05) is 5.54 Å². The monoisotopic (exact) mass is 249 g/mol. The molecule has 0 saturated heterocycles. The third-order valence-corrected chi connectivity index (χ3v) is 6.88. The van der Waals surface area contributed by atoms with E-state index in [2.05, 4.69) is 33.0 Å². The molecule has 1 amide bonds. The highest BCUT2D eigenvalue weighted by Gasteiger charge is 2.66. The standard InChI is InChI=1S/C16H27NO/c1-10(2)12-8-15(3)13-5-6-16(4,17-9-18)14(15)7-11(12)13/h9-14H,5-8H2,1-4H3,(H,17,18). The molecule has 0 aromatic heterocycles. The van der Waals surface area contributed by atoms with Crippen molar-refractivity contribution in [2.75, 3.05) is 0 Å². The highest BCUT2D eigenvalue weighted by molar-refractivity contribution is 5.48. The predicted octanol–water partition coefficient (Wildman–Crippen LogP) is 3.22. The van der Waals surface area contributed by atoms with Crippen LogP contribution in [0.3, 0.4) is 0 Å². The average molecular weight is 249 g/mol. The van der Waals surface area contributed by atoms with E-state index in [1.165, 1.54) is 25.7 Å². The van der Waals surface area contributed by atoms with Gasteiger partial charge < -0.3 is 5.32 Å². The van der Waals surface area contributed by atoms with E-state index < -0.39 is 0 Å². The Morgan fingerprint density at radius 2 is 2.06 bits per heavy atom. The zero-order valence-electron chi connectivity index (χ0n) is 12.2. The molecule has 18 heavy (non-hydrogen) atoms. The lowest BCUT2D eigenvalue weighted by molar-refractivity contribution is -0.113. The van der Waals surface area contributed by atoms with Crippen molar-refractivity contribution in [1.29, 1.82) is 0 Å². The second-order valence-corrected chi connectivity index (χ2v) is 7.89. The van der Waals surface area contributed by atoms with Crippen LogP contribution in [-0.4, -0.2) is 11.9 Å². The normalized spacial score (nSPS) is 53.8. The molecule has 3 saturated carbocycles. The van der Waals surface area contributed by atoms with Crippen LogP contribution in [0.5, 0.6) is 0 Å². The summed E-state index contributed by atoms with van der Waals surface area (Å²) in [6.45, 7) is 9.57. The summed E-state index contributed by atoms with van der Waals surface area (Å²) in [4.78, 5) is 10.9. The number of carbonyl (C=O) groups excluding carboxylic acids is 1. The predicted molar refractivity (Wildman–Crippen MR) is 73.0 cm³/mol. The van der Waals surface area contributed by atoms with Gasteiger partial charge in [0.2, 0.25) is 6.41 Å². The molecule has 0 heterocycles. The van der Waals surface area contributed by atoms with Crippen LogP contribution in [0.1, 0.15) is 53.4 Å². The van der Waals surface area contributed by atoms with Crippen molar-refractivity contribution in [3.63, 3.8) is 0 Å². The molecule has 2 heteroatoms. The summed E-state index contributed by atoms with van der Waals surface area (Å²) in [6.07, 6.45) is 6.16. The van der Waals surface area contributed by atoms with Crippen LogP contribution in [-0.2, 0) is 4.79 Å². The van der Waals surface area contributed by atoms with Crippen LogP contribution in [0.2, 0.25) is 0 Å². The van der Waals surface area contributed by atoms with Gasteiger partial charge in [0.05, 0.1) is 0 Å². The molecular weight excluding hydrogens is 222 g/mol. The molecular formula is C16H27NO. The van der Waals surface area contributed by atoms with Crippen LogP contribution in [0.25, 0.3) is 0 Å². The summed E-state index contributed by atoms with van der Waals surface area (Å²) < 4.78 is 0. The Morgan fingerprint density at radius 1 is 1.33 bits per heavy atom. The van der Waals surface area contributed by atoms with E-state index >= 15 is 0 Å². The fraction of sp³-hybridized carbons (Fsp3) is 0.938. The van der Waals surface area contributed by atoms with E-state index in [0.29, 0.717) is 11.3 Å². The Hall–Kier alpha value is -0.530. The summed E-state index contributed by atoms with van der Waals surface area (Å²) in [5, 5.41) is 3.16. The molecule has 3 fully saturated rings. The zero-order valence-corrected chi connectivity index (χ0v) is 12.2. The van der Waals surface area contributed by atoms with Gasteiger partial charge in [-0.3, -0.25) is 4.79 Å². The van der Waals surface area contributed by atoms with Crippen molar-refractivity contribution in [2.45, 2.75) is 58.9 Å². The minimum atomic E-state index is 0.0592. The molecule has 0 radical (unpaired) electrons. The van der Waals surface area contributed by atoms with Crippen molar-refractivity contribution in [3.8, 4) is 0 Å². The number of nitrogens with one attached hydrogen (secondary N) is 1. The van der Waals surface area contributed by atoms with Gasteiger partial charge in [-0.25, -0.2) is 0 Å². The molecule has 3 rings (SSSR count). The van der Waals surface area contributed by atoms with Gasteiger partial charge in [-0.1, -0.05) is 20.8 Å². The van der Waals surface area contributed by atoms with Crippen molar-refractivity contribution in [3.05, 3.63) is 0 Å². The molecule has 0 aliphatic heterocycles. The molecule has 0 spiro atoms. The molecule has 0 aromatic carbocycles. The van der Waals surface area contributed by atoms with Crippen molar-refractivity contribution >= 4 is 6.41 Å². The van der Waals surface area contributed by atoms with E-state index in [1.54, 1.807) is 0 Å². The van der Waals surface area contributed by atoms with Gasteiger partial charge in [0.1, 0.15) is 0 Å². The minimum absolute atomic E-state index is 0.0592. The Bertz CT molecular complexity index is 366. The van der Waals surface area contributed by atoms with E-state index in [9.17, 15) is 4.79 Å². The Kier molecular flexibility index (Phi) is 2.60. The second-order valence-electron chi connectivity index (χ2n) is 7.89. The smallest absolute Gasteiger partial charge is 0.207 e. The van der Waals surface area contributed by atoms with Gasteiger partial charge in [-0.05, 0) is 67.6 Å². The highest BCUT2D eigenvalue weighted by Crippen LogP contribution is 2.71. The molecule has 102 valence electrons. The molecule has 3 aliphatic carbocycles. The molecule has 6 unspecified atom stereocenters. The molecule has 0 aromatic rings. The zero-order chi connectivity index (χ0) is 13.1. The van der Waals surface area contributed by atoms with Gasteiger partial charge in [-0.2, -0.15) is 0 Å². The lowest BCUT2D eigenvalue weighted by Crippen LogP contribution is -2.56. The first-order valence-corrected chi connectivity index (χ1v) is 7.64. The summed E-state index contributed by atoms with van der Waals surface area (Å²) in [5.41, 5.74) is 0.548. The second kappa shape index (κ2) is 3.74. The third kappa shape index (κ3) is 1.38.